The van der Waals surface area contributed by atoms with Crippen molar-refractivity contribution in [2.45, 2.75) is 6.18 Å². The number of aromatic nitrogens is 1. The van der Waals surface area contributed by atoms with Crippen LogP contribution in [0.15, 0.2) is 103 Å². The first-order valence-corrected chi connectivity index (χ1v) is 10.6. The van der Waals surface area contributed by atoms with E-state index in [2.05, 4.69) is 10.3 Å². The number of hydrogen-bond donors (Lipinski definition) is 1. The van der Waals surface area contributed by atoms with Crippen LogP contribution < -0.4 is 5.32 Å². The number of nitrogens with zero attached hydrogens (tertiary/aromatic N) is 1. The van der Waals surface area contributed by atoms with Crippen LogP contribution in [0.1, 0.15) is 32.0 Å². The van der Waals surface area contributed by atoms with E-state index < -0.39 is 17.6 Å². The number of pyridine rings is 1. The monoisotopic (exact) mass is 472 g/mol. The number of allylic oxidation sites excluding steroid dienone is 1. The van der Waals surface area contributed by atoms with Crippen LogP contribution >= 0.6 is 0 Å². The summed E-state index contributed by atoms with van der Waals surface area (Å²) in [5.41, 5.74) is 2.13. The number of hydrogen-bond acceptors (Lipinski definition) is 3. The van der Waals surface area contributed by atoms with Gasteiger partial charge in [-0.1, -0.05) is 36.4 Å². The fourth-order valence-corrected chi connectivity index (χ4v) is 3.42. The van der Waals surface area contributed by atoms with Gasteiger partial charge in [0.05, 0.1) is 11.3 Å². The summed E-state index contributed by atoms with van der Waals surface area (Å²) in [5.74, 6) is -0.629. The van der Waals surface area contributed by atoms with E-state index in [-0.39, 0.29) is 5.78 Å². The van der Waals surface area contributed by atoms with Gasteiger partial charge < -0.3 is 5.32 Å². The van der Waals surface area contributed by atoms with E-state index >= 15 is 0 Å². The number of carbonyl (C=O) groups is 2. The number of amides is 1. The van der Waals surface area contributed by atoms with E-state index in [1.807, 2.05) is 6.07 Å². The minimum Gasteiger partial charge on any atom is -0.322 e. The lowest BCUT2D eigenvalue weighted by Crippen LogP contribution is -2.13. The Bertz CT molecular complexity index is 1360. The van der Waals surface area contributed by atoms with Crippen molar-refractivity contribution in [2.24, 2.45) is 0 Å². The first kappa shape index (κ1) is 23.6. The molecule has 1 N–H and O–H groups in total. The molecule has 0 spiro atoms. The highest BCUT2D eigenvalue weighted by molar-refractivity contribution is 6.09. The van der Waals surface area contributed by atoms with Crippen molar-refractivity contribution in [1.82, 2.24) is 4.98 Å². The van der Waals surface area contributed by atoms with Crippen molar-refractivity contribution in [3.05, 3.63) is 126 Å². The molecule has 0 aliphatic heterocycles. The molecular formula is C28H19F3N2O2. The van der Waals surface area contributed by atoms with Crippen molar-refractivity contribution in [3.8, 4) is 11.1 Å². The largest absolute Gasteiger partial charge is 0.416 e. The summed E-state index contributed by atoms with van der Waals surface area (Å²) in [6.07, 6.45) is 0.251. The second-order valence-corrected chi connectivity index (χ2v) is 7.60. The van der Waals surface area contributed by atoms with Crippen LogP contribution in [0.2, 0.25) is 0 Å². The number of rotatable bonds is 6. The third-order valence-electron chi connectivity index (χ3n) is 5.22. The third kappa shape index (κ3) is 5.89. The van der Waals surface area contributed by atoms with Gasteiger partial charge in [0.2, 0.25) is 0 Å². The summed E-state index contributed by atoms with van der Waals surface area (Å²) in [5, 5.41) is 2.77. The van der Waals surface area contributed by atoms with Gasteiger partial charge in [0.1, 0.15) is 0 Å². The van der Waals surface area contributed by atoms with Crippen LogP contribution in [-0.4, -0.2) is 16.7 Å². The molecule has 0 saturated carbocycles. The fraction of sp³-hybridized carbons (Fsp3) is 0.0357. The molecule has 1 heterocycles. The van der Waals surface area contributed by atoms with Crippen LogP contribution in [0, 0.1) is 0 Å². The van der Waals surface area contributed by atoms with Gasteiger partial charge in [-0.15, -0.1) is 0 Å². The Morgan fingerprint density at radius 3 is 2.14 bits per heavy atom. The Balaban J connectivity index is 1.48. The van der Waals surface area contributed by atoms with Crippen molar-refractivity contribution < 1.29 is 22.8 Å². The van der Waals surface area contributed by atoms with Crippen LogP contribution in [-0.2, 0) is 6.18 Å². The Morgan fingerprint density at radius 2 is 1.49 bits per heavy atom. The molecule has 4 aromatic rings. The van der Waals surface area contributed by atoms with Crippen molar-refractivity contribution >= 4 is 23.5 Å². The maximum absolute atomic E-state index is 12.9. The molecule has 7 heteroatoms. The third-order valence-corrected chi connectivity index (χ3v) is 5.22. The van der Waals surface area contributed by atoms with Gasteiger partial charge in [0.15, 0.2) is 5.78 Å². The van der Waals surface area contributed by atoms with Gasteiger partial charge in [-0.3, -0.25) is 14.6 Å². The maximum atomic E-state index is 12.9. The molecule has 0 aliphatic carbocycles. The van der Waals surface area contributed by atoms with Gasteiger partial charge in [0.25, 0.3) is 5.91 Å². The maximum Gasteiger partial charge on any atom is 0.416 e. The second-order valence-electron chi connectivity index (χ2n) is 7.60. The van der Waals surface area contributed by atoms with E-state index in [0.29, 0.717) is 33.6 Å². The van der Waals surface area contributed by atoms with E-state index in [0.717, 1.165) is 12.1 Å². The van der Waals surface area contributed by atoms with Gasteiger partial charge in [-0.2, -0.15) is 13.2 Å². The predicted octanol–water partition coefficient (Wildman–Crippen LogP) is 6.92. The SMILES string of the molecule is O=C(/C=C/c1ccccn1)c1ccc(NC(=O)c2ccccc2-c2ccc(C(F)(F)F)cc2)cc1. The molecule has 0 saturated heterocycles. The summed E-state index contributed by atoms with van der Waals surface area (Å²) in [6, 6.07) is 23.1. The highest BCUT2D eigenvalue weighted by atomic mass is 19.4. The average molecular weight is 472 g/mol. The predicted molar refractivity (Wildman–Crippen MR) is 129 cm³/mol. The topological polar surface area (TPSA) is 59.1 Å². The van der Waals surface area contributed by atoms with Gasteiger partial charge in [-0.25, -0.2) is 0 Å². The Kier molecular flexibility index (Phi) is 6.87. The Hall–Kier alpha value is -4.52. The highest BCUT2D eigenvalue weighted by Gasteiger charge is 2.30. The molecule has 4 nitrogen and oxygen atoms in total. The second kappa shape index (κ2) is 10.2. The van der Waals surface area contributed by atoms with E-state index in [1.165, 1.54) is 18.2 Å². The standard InChI is InChI=1S/C28H19F3N2O2/c29-28(30,31)21-12-8-19(9-13-21)24-6-1-2-7-25(24)27(35)33-23-14-10-20(11-15-23)26(34)17-16-22-5-3-4-18-32-22/h1-18H,(H,33,35)/b17-16+. The number of alkyl halides is 3. The van der Waals surface area contributed by atoms with Gasteiger partial charge in [-0.05, 0) is 77.9 Å². The summed E-state index contributed by atoms with van der Waals surface area (Å²) in [4.78, 5) is 29.5. The number of anilines is 1. The molecule has 0 fully saturated rings. The minimum atomic E-state index is -4.43. The number of nitrogens with one attached hydrogen (secondary N) is 1. The zero-order chi connectivity index (χ0) is 24.8. The summed E-state index contributed by atoms with van der Waals surface area (Å²) < 4.78 is 38.6. The zero-order valence-corrected chi connectivity index (χ0v) is 18.3. The number of ketones is 1. The molecular weight excluding hydrogens is 453 g/mol. The first-order chi connectivity index (χ1) is 16.8. The molecule has 0 aliphatic rings. The molecule has 0 unspecified atom stereocenters. The summed E-state index contributed by atoms with van der Waals surface area (Å²) in [7, 11) is 0. The van der Waals surface area contributed by atoms with E-state index in [1.54, 1.807) is 72.9 Å². The van der Waals surface area contributed by atoms with Gasteiger partial charge in [0, 0.05) is 23.0 Å². The molecule has 0 bridgehead atoms. The van der Waals surface area contributed by atoms with Crippen LogP contribution in [0.4, 0.5) is 18.9 Å². The van der Waals surface area contributed by atoms with Gasteiger partial charge >= 0.3 is 6.18 Å². The van der Waals surface area contributed by atoms with E-state index in [4.69, 9.17) is 0 Å². The number of benzene rings is 3. The Labute approximate surface area is 199 Å². The highest BCUT2D eigenvalue weighted by Crippen LogP contribution is 2.32. The first-order valence-electron chi connectivity index (χ1n) is 10.6. The molecule has 35 heavy (non-hydrogen) atoms. The minimum absolute atomic E-state index is 0.207. The molecule has 0 atom stereocenters. The molecule has 1 amide bonds. The van der Waals surface area contributed by atoms with Crippen molar-refractivity contribution in [3.63, 3.8) is 0 Å². The molecule has 0 radical (unpaired) electrons. The molecule has 1 aromatic heterocycles. The van der Waals surface area contributed by atoms with Crippen LogP contribution in [0.5, 0.6) is 0 Å². The smallest absolute Gasteiger partial charge is 0.322 e. The normalized spacial score (nSPS) is 11.4. The average Bonchev–Trinajstić information content (AvgIpc) is 2.88. The lowest BCUT2D eigenvalue weighted by Gasteiger charge is -2.12. The Morgan fingerprint density at radius 1 is 0.800 bits per heavy atom. The molecule has 3 aromatic carbocycles. The zero-order valence-electron chi connectivity index (χ0n) is 18.3. The molecule has 4 rings (SSSR count). The lowest BCUT2D eigenvalue weighted by molar-refractivity contribution is -0.137. The van der Waals surface area contributed by atoms with Crippen LogP contribution in [0.3, 0.4) is 0 Å². The lowest BCUT2D eigenvalue weighted by atomic mass is 9.98. The van der Waals surface area contributed by atoms with E-state index in [9.17, 15) is 22.8 Å². The fourth-order valence-electron chi connectivity index (χ4n) is 3.42. The van der Waals surface area contributed by atoms with Crippen LogP contribution in [0.25, 0.3) is 17.2 Å². The summed E-state index contributed by atoms with van der Waals surface area (Å²) in [6.45, 7) is 0. The quantitative estimate of drug-likeness (QED) is 0.245. The summed E-state index contributed by atoms with van der Waals surface area (Å²) >= 11 is 0. The number of carbonyl (C=O) groups excluding carboxylic acids is 2. The van der Waals surface area contributed by atoms with Crippen molar-refractivity contribution in [1.29, 1.82) is 0 Å². The van der Waals surface area contributed by atoms with Crippen molar-refractivity contribution in [2.75, 3.05) is 5.32 Å². The number of halogens is 3. The molecule has 174 valence electrons.